The Labute approximate surface area is 126 Å². The average molecular weight is 345 g/mol. The molecule has 4 nitrogen and oxygen atoms in total. The van der Waals surface area contributed by atoms with Gasteiger partial charge in [0, 0.05) is 16.2 Å². The van der Waals surface area contributed by atoms with E-state index >= 15 is 0 Å². The summed E-state index contributed by atoms with van der Waals surface area (Å²) in [5.74, 6) is 0.431. The summed E-state index contributed by atoms with van der Waals surface area (Å²) in [7, 11) is 1.57. The van der Waals surface area contributed by atoms with Crippen LogP contribution >= 0.6 is 28.1 Å². The molecular formula is C13H17BrN2O2S. The minimum atomic E-state index is -0.856. The Kier molecular flexibility index (Phi) is 5.31. The van der Waals surface area contributed by atoms with E-state index in [-0.39, 0.29) is 10.9 Å². The summed E-state index contributed by atoms with van der Waals surface area (Å²) in [6.07, 6.45) is 0.541. The molecule has 6 heteroatoms. The predicted molar refractivity (Wildman–Crippen MR) is 84.5 cm³/mol. The van der Waals surface area contributed by atoms with Crippen molar-refractivity contribution in [1.29, 1.82) is 0 Å². The Bertz CT molecular complexity index is 507. The van der Waals surface area contributed by atoms with E-state index in [2.05, 4.69) is 21.2 Å². The molecule has 0 radical (unpaired) electrons. The minimum Gasteiger partial charge on any atom is -0.497 e. The van der Waals surface area contributed by atoms with Gasteiger partial charge in [-0.25, -0.2) is 0 Å². The van der Waals surface area contributed by atoms with Gasteiger partial charge in [0.1, 0.15) is 5.75 Å². The van der Waals surface area contributed by atoms with E-state index in [1.165, 1.54) is 0 Å². The molecule has 0 saturated heterocycles. The maximum atomic E-state index is 12.3. The molecule has 0 aliphatic heterocycles. The zero-order chi connectivity index (χ0) is 14.6. The third-order valence-electron chi connectivity index (χ3n) is 3.12. The smallest absolute Gasteiger partial charge is 0.237 e. The topological polar surface area (TPSA) is 64.3 Å². The summed E-state index contributed by atoms with van der Waals surface area (Å²) >= 11 is 8.34. The summed E-state index contributed by atoms with van der Waals surface area (Å²) in [5, 5.41) is 2.81. The number of carbonyl (C=O) groups excluding carboxylic acids is 1. The summed E-state index contributed by atoms with van der Waals surface area (Å²) in [4.78, 5) is 12.5. The molecule has 0 spiro atoms. The number of methoxy groups -OCH3 is 1. The van der Waals surface area contributed by atoms with Gasteiger partial charge in [0.25, 0.3) is 0 Å². The van der Waals surface area contributed by atoms with Gasteiger partial charge in [-0.1, -0.05) is 35.1 Å². The lowest BCUT2D eigenvalue weighted by atomic mass is 9.86. The molecular weight excluding hydrogens is 328 g/mol. The van der Waals surface area contributed by atoms with Gasteiger partial charge in [-0.15, -0.1) is 0 Å². The van der Waals surface area contributed by atoms with E-state index in [1.54, 1.807) is 26.2 Å². The Hall–Kier alpha value is -1.14. The molecule has 0 aromatic heterocycles. The van der Waals surface area contributed by atoms with Crippen LogP contribution in [0.25, 0.3) is 0 Å². The molecule has 0 heterocycles. The van der Waals surface area contributed by atoms with Crippen LogP contribution in [0.5, 0.6) is 5.75 Å². The normalized spacial score (nSPS) is 13.5. The first-order chi connectivity index (χ1) is 8.83. The van der Waals surface area contributed by atoms with Gasteiger partial charge in [-0.2, -0.15) is 0 Å². The van der Waals surface area contributed by atoms with Crippen molar-refractivity contribution >= 4 is 44.7 Å². The first-order valence-corrected chi connectivity index (χ1v) is 6.99. The molecule has 0 saturated carbocycles. The van der Waals surface area contributed by atoms with Gasteiger partial charge in [-0.05, 0) is 25.5 Å². The molecule has 1 aromatic carbocycles. The van der Waals surface area contributed by atoms with Crippen LogP contribution in [0.3, 0.4) is 0 Å². The Morgan fingerprint density at radius 1 is 1.53 bits per heavy atom. The average Bonchev–Trinajstić information content (AvgIpc) is 2.36. The van der Waals surface area contributed by atoms with Gasteiger partial charge in [0.05, 0.1) is 17.5 Å². The van der Waals surface area contributed by atoms with Gasteiger partial charge < -0.3 is 15.8 Å². The van der Waals surface area contributed by atoms with Crippen molar-refractivity contribution in [2.45, 2.75) is 20.3 Å². The largest absolute Gasteiger partial charge is 0.497 e. The third kappa shape index (κ3) is 3.67. The maximum Gasteiger partial charge on any atom is 0.237 e. The highest BCUT2D eigenvalue weighted by Crippen LogP contribution is 2.28. The van der Waals surface area contributed by atoms with E-state index in [0.29, 0.717) is 17.9 Å². The Morgan fingerprint density at radius 3 is 2.63 bits per heavy atom. The highest BCUT2D eigenvalue weighted by molar-refractivity contribution is 9.10. The molecule has 1 unspecified atom stereocenters. The second kappa shape index (κ2) is 6.34. The van der Waals surface area contributed by atoms with Crippen molar-refractivity contribution in [3.8, 4) is 5.75 Å². The Morgan fingerprint density at radius 2 is 2.16 bits per heavy atom. The number of amides is 1. The highest BCUT2D eigenvalue weighted by Gasteiger charge is 2.34. The lowest BCUT2D eigenvalue weighted by Gasteiger charge is -2.25. The number of benzene rings is 1. The fraction of sp³-hybridized carbons (Fsp3) is 0.385. The zero-order valence-electron chi connectivity index (χ0n) is 11.1. The number of hydrogen-bond acceptors (Lipinski definition) is 3. The van der Waals surface area contributed by atoms with Gasteiger partial charge in [0.15, 0.2) is 0 Å². The SMILES string of the molecule is CCC(C)(C(=O)Nc1cc(Br)cc(OC)c1)C(N)=S. The molecule has 0 aliphatic carbocycles. The lowest BCUT2D eigenvalue weighted by Crippen LogP contribution is -2.43. The number of halogens is 1. The molecule has 0 aliphatic rings. The molecule has 1 amide bonds. The number of carbonyl (C=O) groups is 1. The van der Waals surface area contributed by atoms with Crippen LogP contribution in [0, 0.1) is 5.41 Å². The number of nitrogens with two attached hydrogens (primary N) is 1. The van der Waals surface area contributed by atoms with E-state index in [4.69, 9.17) is 22.7 Å². The van der Waals surface area contributed by atoms with Crippen molar-refractivity contribution in [3.63, 3.8) is 0 Å². The van der Waals surface area contributed by atoms with E-state index in [0.717, 1.165) is 4.47 Å². The van der Waals surface area contributed by atoms with Crippen LogP contribution in [0.4, 0.5) is 5.69 Å². The minimum absolute atomic E-state index is 0.189. The summed E-state index contributed by atoms with van der Waals surface area (Å²) in [6.45, 7) is 3.61. The molecule has 3 N–H and O–H groups in total. The lowest BCUT2D eigenvalue weighted by molar-refractivity contribution is -0.121. The fourth-order valence-corrected chi connectivity index (χ4v) is 2.18. The summed E-state index contributed by atoms with van der Waals surface area (Å²) < 4.78 is 5.96. The summed E-state index contributed by atoms with van der Waals surface area (Å²) in [5.41, 5.74) is 5.43. The number of ether oxygens (including phenoxy) is 1. The van der Waals surface area contributed by atoms with Crippen LogP contribution < -0.4 is 15.8 Å². The third-order valence-corrected chi connectivity index (χ3v) is 4.03. The van der Waals surface area contributed by atoms with Crippen molar-refractivity contribution in [2.24, 2.45) is 11.1 Å². The monoisotopic (exact) mass is 344 g/mol. The standard InChI is InChI=1S/C13H17BrN2O2S/c1-4-13(2,11(15)19)12(17)16-9-5-8(14)6-10(7-9)18-3/h5-7H,4H2,1-3H3,(H2,15,19)(H,16,17). The first-order valence-electron chi connectivity index (χ1n) is 5.79. The second-order valence-corrected chi connectivity index (χ2v) is 5.74. The van der Waals surface area contributed by atoms with Crippen LogP contribution in [-0.2, 0) is 4.79 Å². The maximum absolute atomic E-state index is 12.3. The number of rotatable bonds is 5. The van der Waals surface area contributed by atoms with E-state index < -0.39 is 5.41 Å². The van der Waals surface area contributed by atoms with Crippen LogP contribution in [-0.4, -0.2) is 18.0 Å². The summed E-state index contributed by atoms with van der Waals surface area (Å²) in [6, 6.07) is 5.33. The molecule has 0 bridgehead atoms. The van der Waals surface area contributed by atoms with Crippen LogP contribution in [0.15, 0.2) is 22.7 Å². The second-order valence-electron chi connectivity index (χ2n) is 4.38. The molecule has 1 atom stereocenters. The fourth-order valence-electron chi connectivity index (χ4n) is 1.47. The van der Waals surface area contributed by atoms with Crippen molar-refractivity contribution in [2.75, 3.05) is 12.4 Å². The molecule has 1 rings (SSSR count). The van der Waals surface area contributed by atoms with Crippen molar-refractivity contribution in [1.82, 2.24) is 0 Å². The van der Waals surface area contributed by atoms with Crippen molar-refractivity contribution in [3.05, 3.63) is 22.7 Å². The Balaban J connectivity index is 2.99. The number of hydrogen-bond donors (Lipinski definition) is 2. The predicted octanol–water partition coefficient (Wildman–Crippen LogP) is 3.10. The van der Waals surface area contributed by atoms with Crippen LogP contribution in [0.1, 0.15) is 20.3 Å². The quantitative estimate of drug-likeness (QED) is 0.805. The number of nitrogens with one attached hydrogen (secondary N) is 1. The van der Waals surface area contributed by atoms with Crippen molar-refractivity contribution < 1.29 is 9.53 Å². The van der Waals surface area contributed by atoms with Gasteiger partial charge in [0.2, 0.25) is 5.91 Å². The molecule has 0 fully saturated rings. The molecule has 104 valence electrons. The number of thiocarbonyl (C=S) groups is 1. The van der Waals surface area contributed by atoms with Gasteiger partial charge >= 0.3 is 0 Å². The van der Waals surface area contributed by atoms with E-state index in [1.807, 2.05) is 13.0 Å². The highest BCUT2D eigenvalue weighted by atomic mass is 79.9. The van der Waals surface area contributed by atoms with Crippen LogP contribution in [0.2, 0.25) is 0 Å². The van der Waals surface area contributed by atoms with Gasteiger partial charge in [-0.3, -0.25) is 4.79 Å². The first kappa shape index (κ1) is 15.9. The molecule has 1 aromatic rings. The zero-order valence-corrected chi connectivity index (χ0v) is 13.5. The van der Waals surface area contributed by atoms with E-state index in [9.17, 15) is 4.79 Å². The molecule has 19 heavy (non-hydrogen) atoms. The number of anilines is 1.